The van der Waals surface area contributed by atoms with E-state index in [2.05, 4.69) is 20.8 Å². The summed E-state index contributed by atoms with van der Waals surface area (Å²) in [5.41, 5.74) is 0. The Balaban J connectivity index is 3.40. The zero-order valence-corrected chi connectivity index (χ0v) is 10.1. The lowest BCUT2D eigenvalue weighted by Crippen LogP contribution is -2.18. The highest BCUT2D eigenvalue weighted by Gasteiger charge is 2.13. The second-order valence-corrected chi connectivity index (χ2v) is 4.49. The molecule has 0 aromatic heterocycles. The summed E-state index contributed by atoms with van der Waals surface area (Å²) < 4.78 is 5.53. The predicted molar refractivity (Wildman–Crippen MR) is 60.4 cm³/mol. The summed E-state index contributed by atoms with van der Waals surface area (Å²) in [5.74, 6) is 0.927. The van der Waals surface area contributed by atoms with Gasteiger partial charge in [-0.15, -0.1) is 0 Å². The molecule has 0 radical (unpaired) electrons. The molecular weight excluding hydrogens is 176 g/mol. The lowest BCUT2D eigenvalue weighted by atomic mass is 9.94. The fourth-order valence-electron chi connectivity index (χ4n) is 1.43. The Morgan fingerprint density at radius 3 is 2.36 bits per heavy atom. The first kappa shape index (κ1) is 13.9. The summed E-state index contributed by atoms with van der Waals surface area (Å²) in [6, 6.07) is 0. The van der Waals surface area contributed by atoms with Crippen LogP contribution in [0.1, 0.15) is 47.0 Å². The van der Waals surface area contributed by atoms with E-state index in [9.17, 15) is 5.11 Å². The Morgan fingerprint density at radius 1 is 1.21 bits per heavy atom. The average molecular weight is 202 g/mol. The van der Waals surface area contributed by atoms with Gasteiger partial charge < -0.3 is 9.84 Å². The van der Waals surface area contributed by atoms with Crippen molar-refractivity contribution in [2.45, 2.75) is 53.1 Å². The van der Waals surface area contributed by atoms with Crippen LogP contribution >= 0.6 is 0 Å². The monoisotopic (exact) mass is 202 g/mol. The topological polar surface area (TPSA) is 29.5 Å². The lowest BCUT2D eigenvalue weighted by Gasteiger charge is -2.19. The van der Waals surface area contributed by atoms with Gasteiger partial charge in [-0.2, -0.15) is 0 Å². The molecule has 0 bridgehead atoms. The molecule has 0 saturated carbocycles. The largest absolute Gasteiger partial charge is 0.393 e. The smallest absolute Gasteiger partial charge is 0.0537 e. The molecule has 0 saturated heterocycles. The van der Waals surface area contributed by atoms with Gasteiger partial charge in [0, 0.05) is 13.2 Å². The molecule has 0 fully saturated rings. The van der Waals surface area contributed by atoms with Crippen molar-refractivity contribution in [2.24, 2.45) is 11.8 Å². The van der Waals surface area contributed by atoms with Gasteiger partial charge in [0.25, 0.3) is 0 Å². The summed E-state index contributed by atoms with van der Waals surface area (Å²) in [7, 11) is 0. The van der Waals surface area contributed by atoms with E-state index in [0.29, 0.717) is 11.8 Å². The van der Waals surface area contributed by atoms with Crippen LogP contribution in [-0.2, 0) is 4.74 Å². The molecule has 3 atom stereocenters. The number of hydrogen-bond donors (Lipinski definition) is 1. The van der Waals surface area contributed by atoms with Crippen LogP contribution in [0, 0.1) is 11.8 Å². The number of hydrogen-bond acceptors (Lipinski definition) is 2. The van der Waals surface area contributed by atoms with Crippen molar-refractivity contribution in [3.05, 3.63) is 0 Å². The molecule has 0 amide bonds. The van der Waals surface area contributed by atoms with Crippen molar-refractivity contribution in [3.63, 3.8) is 0 Å². The summed E-state index contributed by atoms with van der Waals surface area (Å²) in [4.78, 5) is 0. The first-order chi connectivity index (χ1) is 6.57. The van der Waals surface area contributed by atoms with Crippen molar-refractivity contribution in [3.8, 4) is 0 Å². The van der Waals surface area contributed by atoms with Crippen molar-refractivity contribution in [1.29, 1.82) is 0 Å². The highest BCUT2D eigenvalue weighted by molar-refractivity contribution is 4.63. The van der Waals surface area contributed by atoms with Gasteiger partial charge in [-0.3, -0.25) is 0 Å². The van der Waals surface area contributed by atoms with E-state index in [-0.39, 0.29) is 6.10 Å². The number of rotatable bonds is 8. The second-order valence-electron chi connectivity index (χ2n) is 4.49. The summed E-state index contributed by atoms with van der Waals surface area (Å²) in [6.45, 7) is 10.0. The van der Waals surface area contributed by atoms with Gasteiger partial charge in [-0.1, -0.05) is 27.2 Å². The van der Waals surface area contributed by atoms with Crippen LogP contribution in [0.3, 0.4) is 0 Å². The third-order valence-corrected chi connectivity index (χ3v) is 2.64. The highest BCUT2D eigenvalue weighted by Crippen LogP contribution is 2.15. The molecule has 1 N–H and O–H groups in total. The van der Waals surface area contributed by atoms with E-state index >= 15 is 0 Å². The minimum atomic E-state index is -0.201. The van der Waals surface area contributed by atoms with Crippen molar-refractivity contribution < 1.29 is 9.84 Å². The van der Waals surface area contributed by atoms with E-state index in [1.54, 1.807) is 0 Å². The summed E-state index contributed by atoms with van der Waals surface area (Å²) in [6.07, 6.45) is 3.19. The Morgan fingerprint density at radius 2 is 1.86 bits per heavy atom. The van der Waals surface area contributed by atoms with E-state index < -0.39 is 0 Å². The first-order valence-corrected chi connectivity index (χ1v) is 5.83. The van der Waals surface area contributed by atoms with Crippen LogP contribution in [0.25, 0.3) is 0 Å². The van der Waals surface area contributed by atoms with Crippen LogP contribution in [0.5, 0.6) is 0 Å². The van der Waals surface area contributed by atoms with Crippen molar-refractivity contribution in [1.82, 2.24) is 0 Å². The molecule has 3 unspecified atom stereocenters. The first-order valence-electron chi connectivity index (χ1n) is 5.83. The fourth-order valence-corrected chi connectivity index (χ4v) is 1.43. The molecule has 0 aliphatic carbocycles. The van der Waals surface area contributed by atoms with E-state index in [0.717, 1.165) is 26.1 Å². The molecule has 0 aliphatic rings. The van der Waals surface area contributed by atoms with Crippen LogP contribution in [0.15, 0.2) is 0 Å². The van der Waals surface area contributed by atoms with Gasteiger partial charge in [0.2, 0.25) is 0 Å². The number of aliphatic hydroxyl groups is 1. The van der Waals surface area contributed by atoms with Crippen molar-refractivity contribution in [2.75, 3.05) is 13.2 Å². The summed E-state index contributed by atoms with van der Waals surface area (Å²) >= 11 is 0. The number of ether oxygens (including phenoxy) is 1. The maximum absolute atomic E-state index is 9.34. The molecule has 0 spiro atoms. The SMILES string of the molecule is CCCCOCC(C)CC(C)C(C)O. The molecule has 0 rings (SSSR count). The van der Waals surface area contributed by atoms with Crippen molar-refractivity contribution >= 4 is 0 Å². The maximum atomic E-state index is 9.34. The fraction of sp³-hybridized carbons (Fsp3) is 1.00. The van der Waals surface area contributed by atoms with Crippen LogP contribution in [-0.4, -0.2) is 24.4 Å². The lowest BCUT2D eigenvalue weighted by molar-refractivity contribution is 0.0734. The quantitative estimate of drug-likeness (QED) is 0.613. The standard InChI is InChI=1S/C12H26O2/c1-5-6-7-14-9-10(2)8-11(3)12(4)13/h10-13H,5-9H2,1-4H3. The van der Waals surface area contributed by atoms with Crippen LogP contribution < -0.4 is 0 Å². The molecule has 2 nitrogen and oxygen atoms in total. The van der Waals surface area contributed by atoms with Gasteiger partial charge in [-0.25, -0.2) is 0 Å². The minimum absolute atomic E-state index is 0.201. The second kappa shape index (κ2) is 8.25. The van der Waals surface area contributed by atoms with Crippen LogP contribution in [0.2, 0.25) is 0 Å². The summed E-state index contributed by atoms with van der Waals surface area (Å²) in [5, 5.41) is 9.34. The maximum Gasteiger partial charge on any atom is 0.0537 e. The van der Waals surface area contributed by atoms with E-state index in [1.165, 1.54) is 6.42 Å². The van der Waals surface area contributed by atoms with Gasteiger partial charge in [0.15, 0.2) is 0 Å². The van der Waals surface area contributed by atoms with E-state index in [1.807, 2.05) is 6.92 Å². The molecule has 14 heavy (non-hydrogen) atoms. The molecule has 0 heterocycles. The van der Waals surface area contributed by atoms with Gasteiger partial charge in [-0.05, 0) is 31.6 Å². The van der Waals surface area contributed by atoms with E-state index in [4.69, 9.17) is 4.74 Å². The Bertz CT molecular complexity index is 123. The normalized spacial score (nSPS) is 17.8. The van der Waals surface area contributed by atoms with Gasteiger partial charge >= 0.3 is 0 Å². The molecule has 0 aliphatic heterocycles. The van der Waals surface area contributed by atoms with Gasteiger partial charge in [0.05, 0.1) is 6.10 Å². The Labute approximate surface area is 88.7 Å². The zero-order chi connectivity index (χ0) is 11.0. The number of unbranched alkanes of at least 4 members (excludes halogenated alkanes) is 1. The molecular formula is C12H26O2. The third kappa shape index (κ3) is 7.34. The Hall–Kier alpha value is -0.0800. The van der Waals surface area contributed by atoms with Crippen LogP contribution in [0.4, 0.5) is 0 Å². The average Bonchev–Trinajstić information content (AvgIpc) is 2.12. The minimum Gasteiger partial charge on any atom is -0.393 e. The molecule has 2 heteroatoms. The molecule has 0 aromatic carbocycles. The number of aliphatic hydroxyl groups excluding tert-OH is 1. The predicted octanol–water partition coefficient (Wildman–Crippen LogP) is 2.85. The Kier molecular flexibility index (Phi) is 8.20. The highest BCUT2D eigenvalue weighted by atomic mass is 16.5. The molecule has 0 aromatic rings. The third-order valence-electron chi connectivity index (χ3n) is 2.64. The molecule has 86 valence electrons. The zero-order valence-electron chi connectivity index (χ0n) is 10.1. The van der Waals surface area contributed by atoms with Gasteiger partial charge in [0.1, 0.15) is 0 Å².